The predicted octanol–water partition coefficient (Wildman–Crippen LogP) is 3.80. The van der Waals surface area contributed by atoms with Crippen molar-refractivity contribution in [1.29, 1.82) is 0 Å². The van der Waals surface area contributed by atoms with E-state index in [0.29, 0.717) is 5.56 Å². The number of benzene rings is 3. The van der Waals surface area contributed by atoms with Crippen molar-refractivity contribution in [3.8, 4) is 0 Å². The summed E-state index contributed by atoms with van der Waals surface area (Å²) in [4.78, 5) is 36.1. The number of amides is 1. The largest absolute Gasteiger partial charge is 0.444 e. The molecule has 3 aromatic carbocycles. The van der Waals surface area contributed by atoms with Crippen molar-refractivity contribution >= 4 is 49.2 Å². The van der Waals surface area contributed by atoms with Crippen LogP contribution < -0.4 is 10.0 Å². The molecule has 0 spiro atoms. The number of nitro benzene ring substituents is 1. The first-order chi connectivity index (χ1) is 16.1. The van der Waals surface area contributed by atoms with Crippen LogP contribution in [0.25, 0.3) is 0 Å². The first kappa shape index (κ1) is 25.0. The SMILES string of the molecule is CNS(=O)(=O)c1cccc(C(=O)OC(C(=O)Nc2ccc([N+](=O)[O-])cc2Br)c2ccccc2)c1. The van der Waals surface area contributed by atoms with E-state index in [0.717, 1.165) is 6.07 Å². The first-order valence-corrected chi connectivity index (χ1v) is 11.9. The van der Waals surface area contributed by atoms with Gasteiger partial charge in [0, 0.05) is 22.2 Å². The smallest absolute Gasteiger partial charge is 0.339 e. The Hall–Kier alpha value is -3.61. The highest BCUT2D eigenvalue weighted by Crippen LogP contribution is 2.29. The summed E-state index contributed by atoms with van der Waals surface area (Å²) in [5.41, 5.74) is 0.356. The van der Waals surface area contributed by atoms with Crippen LogP contribution in [-0.4, -0.2) is 32.3 Å². The lowest BCUT2D eigenvalue weighted by Crippen LogP contribution is -2.26. The molecular formula is C22H18BrN3O7S. The van der Waals surface area contributed by atoms with Gasteiger partial charge in [-0.15, -0.1) is 0 Å². The summed E-state index contributed by atoms with van der Waals surface area (Å²) >= 11 is 3.18. The van der Waals surface area contributed by atoms with Crippen LogP contribution >= 0.6 is 15.9 Å². The third kappa shape index (κ3) is 5.84. The molecule has 0 heterocycles. The number of halogens is 1. The van der Waals surface area contributed by atoms with E-state index in [1.807, 2.05) is 0 Å². The molecule has 34 heavy (non-hydrogen) atoms. The van der Waals surface area contributed by atoms with Crippen LogP contribution in [0, 0.1) is 10.1 Å². The molecule has 0 saturated heterocycles. The Bertz CT molecular complexity index is 1350. The van der Waals surface area contributed by atoms with Crippen LogP contribution in [-0.2, 0) is 19.6 Å². The number of carbonyl (C=O) groups excluding carboxylic acids is 2. The number of rotatable bonds is 8. The van der Waals surface area contributed by atoms with Crippen molar-refractivity contribution in [2.24, 2.45) is 0 Å². The van der Waals surface area contributed by atoms with Crippen molar-refractivity contribution in [2.75, 3.05) is 12.4 Å². The van der Waals surface area contributed by atoms with E-state index in [1.54, 1.807) is 30.3 Å². The first-order valence-electron chi connectivity index (χ1n) is 9.66. The summed E-state index contributed by atoms with van der Waals surface area (Å²) in [5.74, 6) is -1.63. The van der Waals surface area contributed by atoms with E-state index >= 15 is 0 Å². The lowest BCUT2D eigenvalue weighted by molar-refractivity contribution is -0.384. The van der Waals surface area contributed by atoms with Gasteiger partial charge in [-0.25, -0.2) is 17.9 Å². The zero-order valence-electron chi connectivity index (χ0n) is 17.6. The number of hydrogen-bond acceptors (Lipinski definition) is 7. The molecule has 2 N–H and O–H groups in total. The van der Waals surface area contributed by atoms with Crippen molar-refractivity contribution in [3.05, 3.63) is 98.5 Å². The predicted molar refractivity (Wildman–Crippen MR) is 127 cm³/mol. The van der Waals surface area contributed by atoms with Crippen LogP contribution in [0.2, 0.25) is 0 Å². The monoisotopic (exact) mass is 547 g/mol. The molecular weight excluding hydrogens is 530 g/mol. The number of nitrogens with zero attached hydrogens (tertiary/aromatic N) is 1. The van der Waals surface area contributed by atoms with Crippen molar-refractivity contribution in [2.45, 2.75) is 11.0 Å². The number of anilines is 1. The molecule has 10 nitrogen and oxygen atoms in total. The van der Waals surface area contributed by atoms with Gasteiger partial charge in [0.25, 0.3) is 11.6 Å². The number of sulfonamides is 1. The van der Waals surface area contributed by atoms with Gasteiger partial charge in [-0.1, -0.05) is 36.4 Å². The molecule has 176 valence electrons. The fraction of sp³-hybridized carbons (Fsp3) is 0.0909. The zero-order chi connectivity index (χ0) is 24.9. The minimum absolute atomic E-state index is 0.0680. The Morgan fingerprint density at radius 1 is 1.03 bits per heavy atom. The van der Waals surface area contributed by atoms with Crippen LogP contribution in [0.4, 0.5) is 11.4 Å². The van der Waals surface area contributed by atoms with E-state index in [2.05, 4.69) is 26.0 Å². The summed E-state index contributed by atoms with van der Waals surface area (Å²) in [6.07, 6.45) is -1.39. The third-order valence-electron chi connectivity index (χ3n) is 4.64. The summed E-state index contributed by atoms with van der Waals surface area (Å²) in [6, 6.07) is 17.2. The molecule has 0 aliphatic heterocycles. The lowest BCUT2D eigenvalue weighted by atomic mass is 10.1. The topological polar surface area (TPSA) is 145 Å². The Morgan fingerprint density at radius 3 is 2.35 bits per heavy atom. The Kier molecular flexibility index (Phi) is 7.76. The molecule has 3 aromatic rings. The highest BCUT2D eigenvalue weighted by Gasteiger charge is 2.27. The van der Waals surface area contributed by atoms with Crippen LogP contribution in [0.1, 0.15) is 22.0 Å². The fourth-order valence-electron chi connectivity index (χ4n) is 2.90. The second-order valence-electron chi connectivity index (χ2n) is 6.84. The van der Waals surface area contributed by atoms with Gasteiger partial charge in [-0.05, 0) is 47.2 Å². The number of carbonyl (C=O) groups is 2. The quantitative estimate of drug-likeness (QED) is 0.248. The van der Waals surface area contributed by atoms with Crippen LogP contribution in [0.5, 0.6) is 0 Å². The van der Waals surface area contributed by atoms with Crippen molar-refractivity contribution in [1.82, 2.24) is 4.72 Å². The molecule has 1 unspecified atom stereocenters. The molecule has 0 fully saturated rings. The minimum Gasteiger partial charge on any atom is -0.444 e. The molecule has 0 aromatic heterocycles. The number of hydrogen-bond donors (Lipinski definition) is 2. The molecule has 0 radical (unpaired) electrons. The third-order valence-corrected chi connectivity index (χ3v) is 6.70. The van der Waals surface area contributed by atoms with E-state index in [4.69, 9.17) is 4.74 Å². The molecule has 0 bridgehead atoms. The maximum atomic E-state index is 13.1. The van der Waals surface area contributed by atoms with Gasteiger partial charge in [-0.3, -0.25) is 14.9 Å². The number of nitrogens with one attached hydrogen (secondary N) is 2. The number of non-ortho nitro benzene ring substituents is 1. The number of esters is 1. The lowest BCUT2D eigenvalue weighted by Gasteiger charge is -2.19. The van der Waals surface area contributed by atoms with Gasteiger partial charge in [0.05, 0.1) is 21.1 Å². The highest BCUT2D eigenvalue weighted by molar-refractivity contribution is 9.10. The maximum absolute atomic E-state index is 13.1. The van der Waals surface area contributed by atoms with E-state index in [-0.39, 0.29) is 26.3 Å². The van der Waals surface area contributed by atoms with E-state index in [9.17, 15) is 28.1 Å². The van der Waals surface area contributed by atoms with Gasteiger partial charge in [0.1, 0.15) is 0 Å². The molecule has 0 saturated carbocycles. The number of nitro groups is 1. The van der Waals surface area contributed by atoms with Gasteiger partial charge in [0.15, 0.2) is 0 Å². The second kappa shape index (κ2) is 10.5. The van der Waals surface area contributed by atoms with Crippen molar-refractivity contribution < 1.29 is 27.7 Å². The molecule has 1 atom stereocenters. The second-order valence-corrected chi connectivity index (χ2v) is 9.58. The van der Waals surface area contributed by atoms with Gasteiger partial charge < -0.3 is 10.1 Å². The van der Waals surface area contributed by atoms with Gasteiger partial charge >= 0.3 is 5.97 Å². The molecule has 12 heteroatoms. The molecule has 1 amide bonds. The van der Waals surface area contributed by atoms with E-state index in [1.165, 1.54) is 43.4 Å². The Balaban J connectivity index is 1.89. The molecule has 0 aliphatic carbocycles. The Labute approximate surface area is 203 Å². The summed E-state index contributed by atoms with van der Waals surface area (Å²) in [5, 5.41) is 13.5. The van der Waals surface area contributed by atoms with Crippen LogP contribution in [0.3, 0.4) is 0 Å². The average molecular weight is 548 g/mol. The molecule has 3 rings (SSSR count). The Morgan fingerprint density at radius 2 is 1.74 bits per heavy atom. The summed E-state index contributed by atoms with van der Waals surface area (Å²) in [6.45, 7) is 0. The summed E-state index contributed by atoms with van der Waals surface area (Å²) in [7, 11) is -2.55. The van der Waals surface area contributed by atoms with E-state index < -0.39 is 32.9 Å². The minimum atomic E-state index is -3.80. The highest BCUT2D eigenvalue weighted by atomic mass is 79.9. The number of ether oxygens (including phenoxy) is 1. The maximum Gasteiger partial charge on any atom is 0.339 e. The van der Waals surface area contributed by atoms with Crippen molar-refractivity contribution in [3.63, 3.8) is 0 Å². The molecule has 0 aliphatic rings. The van der Waals surface area contributed by atoms with Gasteiger partial charge in [0.2, 0.25) is 16.1 Å². The fourth-order valence-corrected chi connectivity index (χ4v) is 4.14. The zero-order valence-corrected chi connectivity index (χ0v) is 20.0. The van der Waals surface area contributed by atoms with Crippen LogP contribution in [0.15, 0.2) is 82.2 Å². The summed E-state index contributed by atoms with van der Waals surface area (Å²) < 4.78 is 32.0. The van der Waals surface area contributed by atoms with Gasteiger partial charge in [-0.2, -0.15) is 0 Å². The average Bonchev–Trinajstić information content (AvgIpc) is 2.84. The standard InChI is InChI=1S/C22H18BrN3O7S/c1-24-34(31,32)17-9-5-8-15(12-17)22(28)33-20(14-6-3-2-4-7-14)21(27)25-19-11-10-16(26(29)30)13-18(19)23/h2-13,20,24H,1H3,(H,25,27). The normalized spacial score (nSPS) is 11.9.